The van der Waals surface area contributed by atoms with Crippen LogP contribution in [0.25, 0.3) is 28.2 Å². The van der Waals surface area contributed by atoms with Crippen LogP contribution >= 0.6 is 0 Å². The number of esters is 1. The molecule has 0 radical (unpaired) electrons. The minimum Gasteiger partial charge on any atom is -0.497 e. The molecule has 0 N–H and O–H groups in total. The molecule has 0 amide bonds. The third kappa shape index (κ3) is 4.38. The Morgan fingerprint density at radius 3 is 2.70 bits per heavy atom. The van der Waals surface area contributed by atoms with E-state index in [1.165, 1.54) is 6.08 Å². The SMILES string of the molecule is COc1ccc2cc(/C=C/C(=O)OCc3nc(-c4ccccc4C)no3)ccc2c1. The molecule has 1 aromatic heterocycles. The molecule has 0 saturated carbocycles. The summed E-state index contributed by atoms with van der Waals surface area (Å²) in [6.07, 6.45) is 3.09. The van der Waals surface area contributed by atoms with Gasteiger partial charge in [-0.3, -0.25) is 0 Å². The van der Waals surface area contributed by atoms with Gasteiger partial charge in [0.1, 0.15) is 5.75 Å². The largest absolute Gasteiger partial charge is 0.497 e. The number of carbonyl (C=O) groups is 1. The van der Waals surface area contributed by atoms with Gasteiger partial charge in [-0.25, -0.2) is 4.79 Å². The molecule has 0 bridgehead atoms. The lowest BCUT2D eigenvalue weighted by Crippen LogP contribution is -2.01. The summed E-state index contributed by atoms with van der Waals surface area (Å²) >= 11 is 0. The van der Waals surface area contributed by atoms with Gasteiger partial charge in [0.2, 0.25) is 5.82 Å². The summed E-state index contributed by atoms with van der Waals surface area (Å²) in [6, 6.07) is 19.5. The molecule has 1 heterocycles. The minimum atomic E-state index is -0.486. The molecular weight excluding hydrogens is 380 g/mol. The highest BCUT2D eigenvalue weighted by Gasteiger charge is 2.11. The molecule has 0 spiro atoms. The van der Waals surface area contributed by atoms with Crippen molar-refractivity contribution >= 4 is 22.8 Å². The Morgan fingerprint density at radius 2 is 1.87 bits per heavy atom. The predicted octanol–water partition coefficient (Wildman–Crippen LogP) is 4.96. The monoisotopic (exact) mass is 400 g/mol. The lowest BCUT2D eigenvalue weighted by molar-refractivity contribution is -0.139. The zero-order valence-electron chi connectivity index (χ0n) is 16.7. The first-order valence-corrected chi connectivity index (χ1v) is 9.43. The first kappa shape index (κ1) is 19.4. The lowest BCUT2D eigenvalue weighted by Gasteiger charge is -2.03. The van der Waals surface area contributed by atoms with Crippen molar-refractivity contribution in [2.24, 2.45) is 0 Å². The van der Waals surface area contributed by atoms with Crippen LogP contribution < -0.4 is 4.74 Å². The van der Waals surface area contributed by atoms with E-state index in [4.69, 9.17) is 14.0 Å². The third-order valence-electron chi connectivity index (χ3n) is 4.68. The molecule has 0 saturated heterocycles. The number of nitrogens with zero attached hydrogens (tertiary/aromatic N) is 2. The molecule has 3 aromatic carbocycles. The van der Waals surface area contributed by atoms with E-state index >= 15 is 0 Å². The van der Waals surface area contributed by atoms with Gasteiger partial charge in [-0.05, 0) is 53.1 Å². The van der Waals surface area contributed by atoms with Gasteiger partial charge in [0.05, 0.1) is 7.11 Å². The molecule has 0 unspecified atom stereocenters. The maximum absolute atomic E-state index is 12.1. The van der Waals surface area contributed by atoms with Crippen molar-refractivity contribution in [2.45, 2.75) is 13.5 Å². The van der Waals surface area contributed by atoms with Crippen LogP contribution in [0.2, 0.25) is 0 Å². The quantitative estimate of drug-likeness (QED) is 0.336. The Balaban J connectivity index is 1.37. The van der Waals surface area contributed by atoms with Crippen LogP contribution in [0.4, 0.5) is 0 Å². The number of benzene rings is 3. The molecule has 0 fully saturated rings. The van der Waals surface area contributed by atoms with Gasteiger partial charge in [0, 0.05) is 11.6 Å². The highest BCUT2D eigenvalue weighted by Crippen LogP contribution is 2.22. The van der Waals surface area contributed by atoms with E-state index in [1.54, 1.807) is 13.2 Å². The van der Waals surface area contributed by atoms with Crippen LogP contribution in [0, 0.1) is 6.92 Å². The van der Waals surface area contributed by atoms with Crippen LogP contribution in [0.5, 0.6) is 5.75 Å². The predicted molar refractivity (Wildman–Crippen MR) is 114 cm³/mol. The number of carbonyl (C=O) groups excluding carboxylic acids is 1. The van der Waals surface area contributed by atoms with E-state index in [0.717, 1.165) is 33.2 Å². The first-order chi connectivity index (χ1) is 14.6. The Hall–Kier alpha value is -3.93. The summed E-state index contributed by atoms with van der Waals surface area (Å²) in [6.45, 7) is 1.89. The van der Waals surface area contributed by atoms with Crippen molar-refractivity contribution < 1.29 is 18.8 Å². The molecular formula is C24H20N2O4. The van der Waals surface area contributed by atoms with Gasteiger partial charge in [0.25, 0.3) is 5.89 Å². The summed E-state index contributed by atoms with van der Waals surface area (Å²) in [7, 11) is 1.64. The average Bonchev–Trinajstić information content (AvgIpc) is 3.25. The van der Waals surface area contributed by atoms with Crippen molar-refractivity contribution in [1.29, 1.82) is 0 Å². The number of rotatable bonds is 6. The van der Waals surface area contributed by atoms with Crippen molar-refractivity contribution in [3.8, 4) is 17.1 Å². The molecule has 0 aliphatic carbocycles. The molecule has 30 heavy (non-hydrogen) atoms. The summed E-state index contributed by atoms with van der Waals surface area (Å²) in [4.78, 5) is 16.3. The van der Waals surface area contributed by atoms with Gasteiger partial charge in [0.15, 0.2) is 6.61 Å². The normalized spacial score (nSPS) is 11.1. The van der Waals surface area contributed by atoms with Crippen molar-refractivity contribution in [2.75, 3.05) is 7.11 Å². The Kier molecular flexibility index (Phi) is 5.57. The highest BCUT2D eigenvalue weighted by molar-refractivity contribution is 5.90. The molecule has 150 valence electrons. The molecule has 4 rings (SSSR count). The molecule has 6 heteroatoms. The van der Waals surface area contributed by atoms with Gasteiger partial charge in [-0.15, -0.1) is 0 Å². The Morgan fingerprint density at radius 1 is 1.07 bits per heavy atom. The van der Waals surface area contributed by atoms with Crippen molar-refractivity contribution in [3.05, 3.63) is 83.8 Å². The van der Waals surface area contributed by atoms with E-state index in [-0.39, 0.29) is 12.5 Å². The number of ether oxygens (including phenoxy) is 2. The van der Waals surface area contributed by atoms with Crippen LogP contribution in [0.3, 0.4) is 0 Å². The standard InChI is InChI=1S/C24H20N2O4/c1-16-5-3-4-6-21(16)24-25-22(30-26-24)15-29-23(27)12-8-17-7-9-19-14-20(28-2)11-10-18(19)13-17/h3-14H,15H2,1-2H3/b12-8+. The van der Waals surface area contributed by atoms with Gasteiger partial charge >= 0.3 is 5.97 Å². The van der Waals surface area contributed by atoms with E-state index < -0.39 is 5.97 Å². The fraction of sp³-hybridized carbons (Fsp3) is 0.125. The third-order valence-corrected chi connectivity index (χ3v) is 4.68. The fourth-order valence-electron chi connectivity index (χ4n) is 3.06. The van der Waals surface area contributed by atoms with Gasteiger partial charge in [-0.2, -0.15) is 4.98 Å². The van der Waals surface area contributed by atoms with Gasteiger partial charge < -0.3 is 14.0 Å². The summed E-state index contributed by atoms with van der Waals surface area (Å²) < 4.78 is 15.6. The smallest absolute Gasteiger partial charge is 0.331 e. The molecule has 0 aliphatic rings. The summed E-state index contributed by atoms with van der Waals surface area (Å²) in [5.41, 5.74) is 2.82. The summed E-state index contributed by atoms with van der Waals surface area (Å²) in [5.74, 6) is 1.04. The Bertz CT molecular complexity index is 1230. The molecule has 4 aromatic rings. The zero-order valence-corrected chi connectivity index (χ0v) is 16.7. The number of aryl methyl sites for hydroxylation is 1. The van der Waals surface area contributed by atoms with Gasteiger partial charge in [-0.1, -0.05) is 47.6 Å². The molecule has 0 atom stereocenters. The maximum atomic E-state index is 12.1. The van der Waals surface area contributed by atoms with Crippen molar-refractivity contribution in [1.82, 2.24) is 10.1 Å². The number of hydrogen-bond acceptors (Lipinski definition) is 6. The number of methoxy groups -OCH3 is 1. The second kappa shape index (κ2) is 8.61. The second-order valence-electron chi connectivity index (χ2n) is 6.74. The van der Waals surface area contributed by atoms with E-state index in [1.807, 2.05) is 67.6 Å². The maximum Gasteiger partial charge on any atom is 0.331 e. The van der Waals surface area contributed by atoms with Crippen LogP contribution in [-0.4, -0.2) is 23.2 Å². The lowest BCUT2D eigenvalue weighted by atomic mass is 10.1. The average molecular weight is 400 g/mol. The number of fused-ring (bicyclic) bond motifs is 1. The van der Waals surface area contributed by atoms with E-state index in [2.05, 4.69) is 10.1 Å². The second-order valence-corrected chi connectivity index (χ2v) is 6.74. The van der Waals surface area contributed by atoms with Crippen LogP contribution in [0.15, 0.2) is 71.3 Å². The van der Waals surface area contributed by atoms with E-state index in [0.29, 0.717) is 5.82 Å². The first-order valence-electron chi connectivity index (χ1n) is 9.43. The fourth-order valence-corrected chi connectivity index (χ4v) is 3.06. The topological polar surface area (TPSA) is 74.5 Å². The Labute approximate surface area is 173 Å². The number of hydrogen-bond donors (Lipinski definition) is 0. The number of aromatic nitrogens is 2. The molecule has 6 nitrogen and oxygen atoms in total. The summed E-state index contributed by atoms with van der Waals surface area (Å²) in [5, 5.41) is 6.08. The van der Waals surface area contributed by atoms with E-state index in [9.17, 15) is 4.79 Å². The van der Waals surface area contributed by atoms with Crippen LogP contribution in [0.1, 0.15) is 17.0 Å². The highest BCUT2D eigenvalue weighted by atomic mass is 16.6. The van der Waals surface area contributed by atoms with Crippen LogP contribution in [-0.2, 0) is 16.1 Å². The molecule has 0 aliphatic heterocycles. The zero-order chi connectivity index (χ0) is 20.9. The minimum absolute atomic E-state index is 0.0838. The van der Waals surface area contributed by atoms with Crippen molar-refractivity contribution in [3.63, 3.8) is 0 Å².